The molecule has 0 aliphatic heterocycles. The summed E-state index contributed by atoms with van der Waals surface area (Å²) in [5, 5.41) is 0. The molecule has 0 fully saturated rings. The number of aryl methyl sites for hydroxylation is 6. The van der Waals surface area contributed by atoms with E-state index in [-0.39, 0.29) is 0 Å². The van der Waals surface area contributed by atoms with E-state index in [0.717, 1.165) is 58.4 Å². The Hall–Kier alpha value is -3.50. The van der Waals surface area contributed by atoms with Gasteiger partial charge in [0.05, 0.1) is 51.6 Å². The summed E-state index contributed by atoms with van der Waals surface area (Å²) in [5.41, 5.74) is 6.58. The molecule has 0 saturated heterocycles. The first kappa shape index (κ1) is 89.7. The lowest BCUT2D eigenvalue weighted by Crippen LogP contribution is -2.70. The first-order valence-electron chi connectivity index (χ1n) is 34.0. The smallest absolute Gasteiger partial charge is 0.417 e. The lowest BCUT2D eigenvalue weighted by molar-refractivity contribution is -0.440. The zero-order valence-electron chi connectivity index (χ0n) is 61.8. The first-order chi connectivity index (χ1) is 49.6. The van der Waals surface area contributed by atoms with E-state index in [1.54, 1.807) is 39.2 Å². The van der Waals surface area contributed by atoms with Crippen molar-refractivity contribution in [2.24, 2.45) is 0 Å². The SMILES string of the molecule is COCCOCCOCc1c(-c2ccc(C)s2)sc(-c2ccc(C)s2)c1CCCOCCOOC.Cc1ccc(-c2sc(-c3ccc(C)s3)c(CCCC(F)(F)C(F)(F)C(F)(F)C(F)(F)C(F)(F)C(F)(F)F)c2C)s1.Cc1ccc(-c2sc(-c3ccc(C)s3)c(CCO[Si](C)(C)C)c2CCO[Si](C)(C)C)s1. The van der Waals surface area contributed by atoms with Crippen molar-refractivity contribution in [3.63, 3.8) is 0 Å². The van der Waals surface area contributed by atoms with E-state index in [1.807, 2.05) is 81.0 Å². The molecule has 0 unspecified atom stereocenters. The molecule has 0 bridgehead atoms. The number of alkyl halides is 13. The van der Waals surface area contributed by atoms with Crippen molar-refractivity contribution < 1.29 is 94.6 Å². The average Bonchev–Trinajstić information content (AvgIpc) is 1.13. The molecule has 32 heteroatoms. The van der Waals surface area contributed by atoms with Crippen molar-refractivity contribution >= 4 is 119 Å². The minimum atomic E-state index is -7.88. The molecule has 0 aromatic carbocycles. The van der Waals surface area contributed by atoms with Crippen LogP contribution in [0.1, 0.15) is 81.9 Å². The van der Waals surface area contributed by atoms with Crippen LogP contribution in [0, 0.1) is 48.5 Å². The van der Waals surface area contributed by atoms with Crippen LogP contribution in [0.4, 0.5) is 57.1 Å². The molecule has 9 heterocycles. The van der Waals surface area contributed by atoms with Gasteiger partial charge in [0, 0.05) is 122 Å². The largest absolute Gasteiger partial charge is 0.460 e. The number of thiophene rings is 9. The number of hydrogen-bond acceptors (Lipinski definition) is 17. The summed E-state index contributed by atoms with van der Waals surface area (Å²) in [6, 6.07) is 25.1. The van der Waals surface area contributed by atoms with Gasteiger partial charge in [0.1, 0.15) is 6.61 Å². The minimum absolute atomic E-state index is 0.396. The third-order valence-electron chi connectivity index (χ3n) is 16.2. The maximum absolute atomic E-state index is 14.3. The van der Waals surface area contributed by atoms with E-state index in [0.29, 0.717) is 73.7 Å². The Bertz CT molecular complexity index is 4040. The zero-order chi connectivity index (χ0) is 78.4. The quantitative estimate of drug-likeness (QED) is 0.0125. The normalized spacial score (nSPS) is 12.9. The average molecular weight is 1700 g/mol. The van der Waals surface area contributed by atoms with Crippen LogP contribution in [0.5, 0.6) is 0 Å². The summed E-state index contributed by atoms with van der Waals surface area (Å²) in [6.07, 6.45) is -7.24. The molecule has 0 aliphatic carbocycles. The second kappa shape index (κ2) is 38.8. The maximum atomic E-state index is 14.3. The Kier molecular flexibility index (Phi) is 32.9. The maximum Gasteiger partial charge on any atom is 0.460 e. The van der Waals surface area contributed by atoms with Crippen LogP contribution < -0.4 is 0 Å². The van der Waals surface area contributed by atoms with Crippen LogP contribution in [-0.4, -0.2) is 126 Å². The fraction of sp³-hybridized carbons (Fsp3) is 0.514. The van der Waals surface area contributed by atoms with Crippen molar-refractivity contribution in [3.8, 4) is 58.5 Å². The highest BCUT2D eigenvalue weighted by Crippen LogP contribution is 2.61. The second-order valence-electron chi connectivity index (χ2n) is 26.9. The van der Waals surface area contributed by atoms with Crippen LogP contribution in [0.2, 0.25) is 39.3 Å². The van der Waals surface area contributed by atoms with Crippen molar-refractivity contribution in [2.45, 2.75) is 175 Å². The van der Waals surface area contributed by atoms with Gasteiger partial charge in [-0.15, -0.1) is 102 Å². The van der Waals surface area contributed by atoms with Gasteiger partial charge < -0.3 is 27.8 Å². The summed E-state index contributed by atoms with van der Waals surface area (Å²) in [4.78, 5) is 30.4. The predicted octanol–water partition coefficient (Wildman–Crippen LogP) is 26.3. The van der Waals surface area contributed by atoms with Crippen molar-refractivity contribution in [2.75, 3.05) is 73.7 Å². The summed E-state index contributed by atoms with van der Waals surface area (Å²) in [7, 11) is 0.112. The van der Waals surface area contributed by atoms with Crippen LogP contribution in [0.15, 0.2) is 72.8 Å². The molecule has 0 aliphatic rings. The van der Waals surface area contributed by atoms with E-state index < -0.39 is 71.7 Å². The Morgan fingerprint density at radius 1 is 0.321 bits per heavy atom. The molecule has 0 spiro atoms. The number of hydrogen-bond donors (Lipinski definition) is 0. The molecular weight excluding hydrogens is 1610 g/mol. The van der Waals surface area contributed by atoms with Gasteiger partial charge in [-0.3, -0.25) is 0 Å². The number of methoxy groups -OCH3 is 1. The summed E-state index contributed by atoms with van der Waals surface area (Å²) >= 11 is 15.4. The lowest BCUT2D eigenvalue weighted by Gasteiger charge is -2.39. The number of halogens is 13. The van der Waals surface area contributed by atoms with E-state index in [1.165, 1.54) is 122 Å². The van der Waals surface area contributed by atoms with Gasteiger partial charge >= 0.3 is 35.8 Å². The summed E-state index contributed by atoms with van der Waals surface area (Å²) in [5.74, 6) is -36.7. The molecule has 9 aromatic rings. The third kappa shape index (κ3) is 23.3. The van der Waals surface area contributed by atoms with Crippen LogP contribution >= 0.6 is 102 Å². The Morgan fingerprint density at radius 2 is 0.651 bits per heavy atom. The molecule has 588 valence electrons. The third-order valence-corrected chi connectivity index (χ3v) is 29.3. The number of rotatable bonds is 38. The molecule has 0 saturated carbocycles. The fourth-order valence-corrected chi connectivity index (χ4v) is 22.5. The fourth-order valence-electron chi connectivity index (χ4n) is 10.9. The standard InChI is InChI=1S/C26H36O6S3.C24H19F13S3.C24H36O2S3Si2/c1-19-7-9-23(33-19)25-21(6-5-11-29-16-17-32-28-4)22(18-31-15-14-30-13-12-27-3)26(35-25)24-10-8-20(2)34-24;1-11-6-8-15(38-11)17-13(3)14(18(40-17)16-9-7-12(2)39-16)5-4-10-19(25,26)20(27,28)21(29,30)22(31,32)23(33,34)24(35,36)37;1-17-9-11-21(27-17)23-19(13-15-25-30(3,4)5)20(14-16-26-31(6,7)8)24(29-23)22-12-10-18(2)28-22/h7-10H,5-6,11-18H2,1-4H3;6-9H,4-5,10H2,1-3H3;9-12H,13-16H2,1-8H3. The molecule has 0 N–H and O–H groups in total. The lowest BCUT2D eigenvalue weighted by atomic mass is 9.91. The van der Waals surface area contributed by atoms with E-state index in [4.69, 9.17) is 32.7 Å². The molecule has 0 atom stereocenters. The van der Waals surface area contributed by atoms with E-state index in [2.05, 4.69) is 120 Å². The zero-order valence-corrected chi connectivity index (χ0v) is 71.2. The van der Waals surface area contributed by atoms with Gasteiger partial charge in [-0.2, -0.15) is 57.1 Å². The van der Waals surface area contributed by atoms with Gasteiger partial charge in [0.15, 0.2) is 16.6 Å². The Balaban J connectivity index is 0.000000224. The highest BCUT2D eigenvalue weighted by Gasteiger charge is 2.90. The molecule has 0 amide bonds. The summed E-state index contributed by atoms with van der Waals surface area (Å²) in [6.45, 7) is 33.7. The summed E-state index contributed by atoms with van der Waals surface area (Å²) < 4.78 is 210. The second-order valence-corrected chi connectivity index (χ2v) is 46.7. The van der Waals surface area contributed by atoms with Gasteiger partial charge in [0.25, 0.3) is 0 Å². The predicted molar refractivity (Wildman–Crippen MR) is 420 cm³/mol. The molecule has 106 heavy (non-hydrogen) atoms. The Morgan fingerprint density at radius 3 is 1.03 bits per heavy atom. The molecule has 9 aromatic heterocycles. The van der Waals surface area contributed by atoms with Crippen molar-refractivity contribution in [1.82, 2.24) is 0 Å². The Labute approximate surface area is 651 Å². The van der Waals surface area contributed by atoms with Crippen molar-refractivity contribution in [1.29, 1.82) is 0 Å². The van der Waals surface area contributed by atoms with Gasteiger partial charge in [0.2, 0.25) is 0 Å². The van der Waals surface area contributed by atoms with Crippen LogP contribution in [-0.2, 0) is 69.9 Å². The van der Waals surface area contributed by atoms with E-state index in [9.17, 15) is 57.1 Å². The van der Waals surface area contributed by atoms with Crippen LogP contribution in [0.3, 0.4) is 0 Å². The highest BCUT2D eigenvalue weighted by molar-refractivity contribution is 7.28. The first-order valence-corrected chi connectivity index (χ1v) is 48.2. The van der Waals surface area contributed by atoms with Gasteiger partial charge in [-0.1, -0.05) is 0 Å². The number of ether oxygens (including phenoxy) is 4. The molecule has 0 radical (unpaired) electrons. The molecule has 8 nitrogen and oxygen atoms in total. The monoisotopic (exact) mass is 1700 g/mol. The molecular formula is C74H91F13O8S9Si2. The van der Waals surface area contributed by atoms with Crippen molar-refractivity contribution in [3.05, 3.63) is 135 Å². The van der Waals surface area contributed by atoms with E-state index >= 15 is 0 Å². The van der Waals surface area contributed by atoms with Gasteiger partial charge in [-0.25, -0.2) is 9.78 Å². The van der Waals surface area contributed by atoms with Gasteiger partial charge in [-0.05, 0) is 227 Å². The highest BCUT2D eigenvalue weighted by atomic mass is 32.1. The topological polar surface area (TPSA) is 73.8 Å². The minimum Gasteiger partial charge on any atom is -0.417 e. The van der Waals surface area contributed by atoms with Crippen LogP contribution in [0.25, 0.3) is 58.5 Å². The molecule has 9 rings (SSSR count).